The van der Waals surface area contributed by atoms with E-state index in [0.717, 1.165) is 6.42 Å². The number of rotatable bonds is 3. The zero-order valence-corrected chi connectivity index (χ0v) is 9.90. The molecule has 1 heterocycles. The summed E-state index contributed by atoms with van der Waals surface area (Å²) in [4.78, 5) is 0. The van der Waals surface area contributed by atoms with Crippen LogP contribution in [0.2, 0.25) is 0 Å². The van der Waals surface area contributed by atoms with Gasteiger partial charge in [0.1, 0.15) is 0 Å². The Morgan fingerprint density at radius 3 is 2.69 bits per heavy atom. The number of benzene rings is 1. The Bertz CT molecular complexity index is 359. The smallest absolute Gasteiger partial charge is 0.159 e. The molecule has 1 fully saturated rings. The van der Waals surface area contributed by atoms with Crippen LogP contribution in [0.15, 0.2) is 18.2 Å². The van der Waals surface area contributed by atoms with Gasteiger partial charge in [0.15, 0.2) is 6.29 Å². The van der Waals surface area contributed by atoms with Gasteiger partial charge in [0.05, 0.1) is 13.2 Å². The Hall–Kier alpha value is -0.900. The molecule has 1 aliphatic rings. The maximum absolute atomic E-state index is 6.18. The first kappa shape index (κ1) is 11.6. The monoisotopic (exact) mass is 221 g/mol. The molecule has 0 spiro atoms. The van der Waals surface area contributed by atoms with Crippen LogP contribution in [0.4, 0.5) is 0 Å². The minimum atomic E-state index is -0.130. The normalized spacial score (nSPS) is 18.9. The molecule has 1 unspecified atom stereocenters. The first-order chi connectivity index (χ1) is 7.68. The number of ether oxygens (including phenoxy) is 2. The molecule has 2 rings (SSSR count). The highest BCUT2D eigenvalue weighted by Crippen LogP contribution is 2.24. The summed E-state index contributed by atoms with van der Waals surface area (Å²) in [6.45, 7) is 5.59. The molecule has 0 radical (unpaired) electrons. The summed E-state index contributed by atoms with van der Waals surface area (Å²) < 4.78 is 10.8. The number of aryl methyl sites for hydroxylation is 1. The predicted octanol–water partition coefficient (Wildman–Crippen LogP) is 2.07. The lowest BCUT2D eigenvalue weighted by atomic mass is 9.96. The van der Waals surface area contributed by atoms with Crippen molar-refractivity contribution in [3.05, 3.63) is 34.9 Å². The van der Waals surface area contributed by atoms with Gasteiger partial charge in [-0.05, 0) is 30.5 Å². The fourth-order valence-corrected chi connectivity index (χ4v) is 2.05. The molecule has 16 heavy (non-hydrogen) atoms. The molecule has 3 heteroatoms. The largest absolute Gasteiger partial charge is 0.350 e. The molecule has 1 saturated heterocycles. The van der Waals surface area contributed by atoms with Crippen molar-refractivity contribution in [1.82, 2.24) is 0 Å². The summed E-state index contributed by atoms with van der Waals surface area (Å²) in [5, 5.41) is 0. The van der Waals surface area contributed by atoms with Crippen LogP contribution in [0.1, 0.15) is 29.2 Å². The summed E-state index contributed by atoms with van der Waals surface area (Å²) in [6, 6.07) is 6.23. The second-order valence-electron chi connectivity index (χ2n) is 4.30. The molecule has 3 nitrogen and oxygen atoms in total. The molecular formula is C13H19NO2. The molecule has 2 N–H and O–H groups in total. The molecule has 0 aliphatic carbocycles. The van der Waals surface area contributed by atoms with E-state index in [2.05, 4.69) is 26.0 Å². The predicted molar refractivity (Wildman–Crippen MR) is 63.2 cm³/mol. The summed E-state index contributed by atoms with van der Waals surface area (Å²) in [5.74, 6) is 0. The summed E-state index contributed by atoms with van der Waals surface area (Å²) in [7, 11) is 0. The van der Waals surface area contributed by atoms with Gasteiger partial charge in [-0.2, -0.15) is 0 Å². The highest BCUT2D eigenvalue weighted by atomic mass is 16.7. The molecule has 1 aromatic carbocycles. The maximum Gasteiger partial charge on any atom is 0.159 e. The van der Waals surface area contributed by atoms with Gasteiger partial charge >= 0.3 is 0 Å². The van der Waals surface area contributed by atoms with Crippen molar-refractivity contribution in [2.24, 2.45) is 5.73 Å². The van der Waals surface area contributed by atoms with Crippen molar-refractivity contribution in [3.8, 4) is 0 Å². The molecule has 0 amide bonds. The highest BCUT2D eigenvalue weighted by Gasteiger charge is 2.21. The minimum absolute atomic E-state index is 0.0111. The van der Waals surface area contributed by atoms with Crippen LogP contribution in [0.25, 0.3) is 0 Å². The number of hydrogen-bond acceptors (Lipinski definition) is 3. The fraction of sp³-hybridized carbons (Fsp3) is 0.538. The summed E-state index contributed by atoms with van der Waals surface area (Å²) in [6.07, 6.45) is 0.597. The van der Waals surface area contributed by atoms with E-state index in [1.54, 1.807) is 0 Å². The molecule has 0 bridgehead atoms. The number of nitrogens with two attached hydrogens (primary N) is 1. The average molecular weight is 221 g/mol. The fourth-order valence-electron chi connectivity index (χ4n) is 2.05. The summed E-state index contributed by atoms with van der Waals surface area (Å²) in [5.41, 5.74) is 9.93. The molecule has 0 aromatic heterocycles. The third-order valence-electron chi connectivity index (χ3n) is 3.18. The van der Waals surface area contributed by atoms with Gasteiger partial charge in [-0.25, -0.2) is 0 Å². The maximum atomic E-state index is 6.18. The van der Waals surface area contributed by atoms with Gasteiger partial charge in [-0.15, -0.1) is 0 Å². The van der Waals surface area contributed by atoms with E-state index in [0.29, 0.717) is 13.2 Å². The molecule has 1 atom stereocenters. The lowest BCUT2D eigenvalue weighted by Gasteiger charge is -2.18. The zero-order valence-electron chi connectivity index (χ0n) is 9.90. The second-order valence-corrected chi connectivity index (χ2v) is 4.30. The molecule has 0 saturated carbocycles. The van der Waals surface area contributed by atoms with E-state index in [-0.39, 0.29) is 12.3 Å². The van der Waals surface area contributed by atoms with Crippen molar-refractivity contribution < 1.29 is 9.47 Å². The lowest BCUT2D eigenvalue weighted by Crippen LogP contribution is -2.20. The van der Waals surface area contributed by atoms with E-state index in [9.17, 15) is 0 Å². The van der Waals surface area contributed by atoms with Crippen LogP contribution >= 0.6 is 0 Å². The minimum Gasteiger partial charge on any atom is -0.350 e. The quantitative estimate of drug-likeness (QED) is 0.849. The van der Waals surface area contributed by atoms with Gasteiger partial charge in [-0.1, -0.05) is 18.2 Å². The lowest BCUT2D eigenvalue weighted by molar-refractivity contribution is -0.0508. The Balaban J connectivity index is 2.07. The molecular weight excluding hydrogens is 202 g/mol. The van der Waals surface area contributed by atoms with E-state index in [4.69, 9.17) is 15.2 Å². The molecule has 1 aromatic rings. The van der Waals surface area contributed by atoms with Crippen molar-refractivity contribution in [2.45, 2.75) is 32.6 Å². The van der Waals surface area contributed by atoms with Gasteiger partial charge in [-0.3, -0.25) is 0 Å². The van der Waals surface area contributed by atoms with E-state index >= 15 is 0 Å². The standard InChI is InChI=1S/C13H19NO2/c1-9-4-3-5-11(10(9)2)12(14)8-13-15-6-7-16-13/h3-5,12-13H,6-8,14H2,1-2H3. The van der Waals surface area contributed by atoms with Crippen LogP contribution in [0.3, 0.4) is 0 Å². The van der Waals surface area contributed by atoms with Gasteiger partial charge < -0.3 is 15.2 Å². The molecule has 1 aliphatic heterocycles. The van der Waals surface area contributed by atoms with Gasteiger partial charge in [0.2, 0.25) is 0 Å². The highest BCUT2D eigenvalue weighted by molar-refractivity contribution is 5.35. The summed E-state index contributed by atoms with van der Waals surface area (Å²) >= 11 is 0. The Labute approximate surface area is 96.5 Å². The topological polar surface area (TPSA) is 44.5 Å². The van der Waals surface area contributed by atoms with Crippen LogP contribution in [-0.4, -0.2) is 19.5 Å². The third-order valence-corrected chi connectivity index (χ3v) is 3.18. The van der Waals surface area contributed by atoms with Crippen LogP contribution in [0.5, 0.6) is 0 Å². The Morgan fingerprint density at radius 2 is 2.00 bits per heavy atom. The second kappa shape index (κ2) is 4.95. The van der Waals surface area contributed by atoms with E-state index < -0.39 is 0 Å². The van der Waals surface area contributed by atoms with Gasteiger partial charge in [0, 0.05) is 12.5 Å². The van der Waals surface area contributed by atoms with E-state index in [1.807, 2.05) is 6.07 Å². The Morgan fingerprint density at radius 1 is 1.31 bits per heavy atom. The van der Waals surface area contributed by atoms with Crippen molar-refractivity contribution in [3.63, 3.8) is 0 Å². The van der Waals surface area contributed by atoms with E-state index in [1.165, 1.54) is 16.7 Å². The Kier molecular flexibility index (Phi) is 3.59. The van der Waals surface area contributed by atoms with Crippen molar-refractivity contribution >= 4 is 0 Å². The van der Waals surface area contributed by atoms with Crippen LogP contribution in [0, 0.1) is 13.8 Å². The van der Waals surface area contributed by atoms with Crippen molar-refractivity contribution in [2.75, 3.05) is 13.2 Å². The first-order valence-electron chi connectivity index (χ1n) is 5.73. The van der Waals surface area contributed by atoms with Crippen molar-refractivity contribution in [1.29, 1.82) is 0 Å². The SMILES string of the molecule is Cc1cccc(C(N)CC2OCCO2)c1C. The average Bonchev–Trinajstić information content (AvgIpc) is 2.74. The zero-order chi connectivity index (χ0) is 11.5. The first-order valence-corrected chi connectivity index (χ1v) is 5.73. The van der Waals surface area contributed by atoms with Crippen LogP contribution < -0.4 is 5.73 Å². The third kappa shape index (κ3) is 2.43. The molecule has 88 valence electrons. The van der Waals surface area contributed by atoms with Gasteiger partial charge in [0.25, 0.3) is 0 Å². The number of hydrogen-bond donors (Lipinski definition) is 1. The van der Waals surface area contributed by atoms with Crippen LogP contribution in [-0.2, 0) is 9.47 Å².